The van der Waals surface area contributed by atoms with Gasteiger partial charge in [-0.3, -0.25) is 0 Å². The van der Waals surface area contributed by atoms with Gasteiger partial charge in [0.15, 0.2) is 0 Å². The van der Waals surface area contributed by atoms with Crippen molar-refractivity contribution in [1.29, 1.82) is 0 Å². The van der Waals surface area contributed by atoms with E-state index in [2.05, 4.69) is 0 Å². The number of hydrogen-bond donors (Lipinski definition) is 2. The zero-order valence-corrected chi connectivity index (χ0v) is 7.18. The Balaban J connectivity index is 3.01. The summed E-state index contributed by atoms with van der Waals surface area (Å²) in [6.07, 6.45) is 0. The van der Waals surface area contributed by atoms with E-state index < -0.39 is 0 Å². The van der Waals surface area contributed by atoms with Crippen LogP contribution in [0.1, 0.15) is 11.6 Å². The summed E-state index contributed by atoms with van der Waals surface area (Å²) in [5.74, 6) is -0.368. The Morgan fingerprint density at radius 1 is 1.50 bits per heavy atom. The van der Waals surface area contributed by atoms with E-state index >= 15 is 0 Å². The highest BCUT2D eigenvalue weighted by Crippen LogP contribution is 2.21. The number of hydrogen-bond acceptors (Lipinski definition) is 2. The van der Waals surface area contributed by atoms with Gasteiger partial charge in [0.05, 0.1) is 0 Å². The first-order valence-electron chi connectivity index (χ1n) is 3.55. The van der Waals surface area contributed by atoms with E-state index in [1.165, 1.54) is 12.1 Å². The Kier molecular flexibility index (Phi) is 3.03. The minimum absolute atomic E-state index is 0.297. The molecule has 0 radical (unpaired) electrons. The first-order chi connectivity index (χ1) is 5.65. The Labute approximate surface area is 75.3 Å². The maximum Gasteiger partial charge on any atom is 0.124 e. The minimum atomic E-state index is -0.368. The van der Waals surface area contributed by atoms with E-state index in [1.54, 1.807) is 6.07 Å². The fraction of sp³-hybridized carbons (Fsp3) is 0.250. The molecular weight excluding hydrogens is 179 g/mol. The Morgan fingerprint density at radius 2 is 2.17 bits per heavy atom. The summed E-state index contributed by atoms with van der Waals surface area (Å²) < 4.78 is 12.6. The Morgan fingerprint density at radius 3 is 2.67 bits per heavy atom. The summed E-state index contributed by atoms with van der Waals surface area (Å²) in [5, 5.41) is 0.327. The second-order valence-corrected chi connectivity index (χ2v) is 2.92. The fourth-order valence-electron chi connectivity index (χ4n) is 0.929. The molecule has 1 rings (SSSR count). The van der Waals surface area contributed by atoms with Gasteiger partial charge >= 0.3 is 0 Å². The van der Waals surface area contributed by atoms with Crippen LogP contribution in [0.2, 0.25) is 5.02 Å². The van der Waals surface area contributed by atoms with Gasteiger partial charge in [-0.15, -0.1) is 0 Å². The van der Waals surface area contributed by atoms with Gasteiger partial charge in [-0.2, -0.15) is 0 Å². The molecule has 0 aliphatic rings. The lowest BCUT2D eigenvalue weighted by Gasteiger charge is -2.10. The fourth-order valence-corrected chi connectivity index (χ4v) is 1.24. The van der Waals surface area contributed by atoms with E-state index in [-0.39, 0.29) is 11.9 Å². The predicted molar refractivity (Wildman–Crippen MR) is 47.4 cm³/mol. The molecule has 0 fully saturated rings. The highest BCUT2D eigenvalue weighted by molar-refractivity contribution is 6.31. The lowest BCUT2D eigenvalue weighted by molar-refractivity contribution is 0.625. The molecule has 0 bridgehead atoms. The normalized spacial score (nSPS) is 13.0. The van der Waals surface area contributed by atoms with Gasteiger partial charge < -0.3 is 11.5 Å². The third-order valence-corrected chi connectivity index (χ3v) is 1.94. The zero-order valence-electron chi connectivity index (χ0n) is 6.43. The number of benzene rings is 1. The van der Waals surface area contributed by atoms with Crippen LogP contribution in [0.4, 0.5) is 4.39 Å². The molecule has 0 amide bonds. The minimum Gasteiger partial charge on any atom is -0.329 e. The molecule has 1 aromatic rings. The molecule has 0 spiro atoms. The van der Waals surface area contributed by atoms with Crippen molar-refractivity contribution in [2.75, 3.05) is 6.54 Å². The van der Waals surface area contributed by atoms with Gasteiger partial charge in [0, 0.05) is 17.6 Å². The second kappa shape index (κ2) is 3.85. The maximum absolute atomic E-state index is 12.6. The molecule has 0 aliphatic carbocycles. The van der Waals surface area contributed by atoms with Crippen LogP contribution in [0, 0.1) is 5.82 Å². The quantitative estimate of drug-likeness (QED) is 0.738. The summed E-state index contributed by atoms with van der Waals surface area (Å²) in [7, 11) is 0. The molecule has 0 saturated carbocycles. The third-order valence-electron chi connectivity index (χ3n) is 1.62. The lowest BCUT2D eigenvalue weighted by Crippen LogP contribution is -2.21. The molecule has 2 nitrogen and oxygen atoms in total. The molecule has 1 atom stereocenters. The van der Waals surface area contributed by atoms with Crippen LogP contribution in [0.5, 0.6) is 0 Å². The van der Waals surface area contributed by atoms with E-state index in [1.807, 2.05) is 0 Å². The summed E-state index contributed by atoms with van der Waals surface area (Å²) in [4.78, 5) is 0. The molecule has 4 N–H and O–H groups in total. The average Bonchev–Trinajstić information content (AvgIpc) is 2.03. The topological polar surface area (TPSA) is 52.0 Å². The van der Waals surface area contributed by atoms with Gasteiger partial charge in [-0.1, -0.05) is 17.7 Å². The van der Waals surface area contributed by atoms with Crippen molar-refractivity contribution in [3.63, 3.8) is 0 Å². The van der Waals surface area contributed by atoms with Crippen LogP contribution in [-0.2, 0) is 0 Å². The highest BCUT2D eigenvalue weighted by atomic mass is 35.5. The standard InChI is InChI=1S/C8H10ClFN2/c9-7-3-5(10)1-2-6(7)8(12)4-11/h1-3,8H,4,11-12H2/t8-/m0/s1. The van der Waals surface area contributed by atoms with Crippen molar-refractivity contribution in [2.24, 2.45) is 11.5 Å². The van der Waals surface area contributed by atoms with Gasteiger partial charge in [-0.05, 0) is 17.7 Å². The molecule has 4 heteroatoms. The second-order valence-electron chi connectivity index (χ2n) is 2.51. The summed E-state index contributed by atoms with van der Waals surface area (Å²) in [5.41, 5.74) is 11.6. The largest absolute Gasteiger partial charge is 0.329 e. The van der Waals surface area contributed by atoms with Crippen LogP contribution < -0.4 is 11.5 Å². The SMILES string of the molecule is NC[C@H](N)c1ccc(F)cc1Cl. The van der Waals surface area contributed by atoms with E-state index in [4.69, 9.17) is 23.1 Å². The molecule has 12 heavy (non-hydrogen) atoms. The van der Waals surface area contributed by atoms with Gasteiger partial charge in [0.25, 0.3) is 0 Å². The Bertz CT molecular complexity index is 278. The average molecular weight is 189 g/mol. The van der Waals surface area contributed by atoms with E-state index in [0.717, 1.165) is 0 Å². The van der Waals surface area contributed by atoms with E-state index in [0.29, 0.717) is 17.1 Å². The van der Waals surface area contributed by atoms with E-state index in [9.17, 15) is 4.39 Å². The lowest BCUT2D eigenvalue weighted by atomic mass is 10.1. The molecule has 0 aliphatic heterocycles. The Hall–Kier alpha value is -0.640. The van der Waals surface area contributed by atoms with Crippen LogP contribution in [-0.4, -0.2) is 6.54 Å². The molecule has 0 heterocycles. The molecule has 66 valence electrons. The number of rotatable bonds is 2. The summed E-state index contributed by atoms with van der Waals surface area (Å²) in [6.45, 7) is 0.297. The van der Waals surface area contributed by atoms with Gasteiger partial charge in [0.1, 0.15) is 5.82 Å². The van der Waals surface area contributed by atoms with Gasteiger partial charge in [-0.25, -0.2) is 4.39 Å². The molecular formula is C8H10ClFN2. The van der Waals surface area contributed by atoms with Crippen molar-refractivity contribution < 1.29 is 4.39 Å². The van der Waals surface area contributed by atoms with Crippen molar-refractivity contribution >= 4 is 11.6 Å². The summed E-state index contributed by atoms with van der Waals surface area (Å²) in [6, 6.07) is 3.77. The monoisotopic (exact) mass is 188 g/mol. The van der Waals surface area contributed by atoms with Crippen LogP contribution in [0.25, 0.3) is 0 Å². The van der Waals surface area contributed by atoms with Crippen molar-refractivity contribution in [3.05, 3.63) is 34.6 Å². The molecule has 1 aromatic carbocycles. The first kappa shape index (κ1) is 9.45. The van der Waals surface area contributed by atoms with Crippen molar-refractivity contribution in [3.8, 4) is 0 Å². The van der Waals surface area contributed by atoms with Crippen LogP contribution in [0.15, 0.2) is 18.2 Å². The smallest absolute Gasteiger partial charge is 0.124 e. The molecule has 0 unspecified atom stereocenters. The molecule has 0 aromatic heterocycles. The summed E-state index contributed by atoms with van der Waals surface area (Å²) >= 11 is 5.73. The number of nitrogens with two attached hydrogens (primary N) is 2. The van der Waals surface area contributed by atoms with Crippen LogP contribution in [0.3, 0.4) is 0 Å². The third kappa shape index (κ3) is 1.94. The zero-order chi connectivity index (χ0) is 9.14. The predicted octanol–water partition coefficient (Wildman–Crippen LogP) is 1.44. The van der Waals surface area contributed by atoms with Gasteiger partial charge in [0.2, 0.25) is 0 Å². The van der Waals surface area contributed by atoms with Crippen LogP contribution >= 0.6 is 11.6 Å². The van der Waals surface area contributed by atoms with Crippen molar-refractivity contribution in [1.82, 2.24) is 0 Å². The highest BCUT2D eigenvalue weighted by Gasteiger charge is 2.08. The first-order valence-corrected chi connectivity index (χ1v) is 3.93. The van der Waals surface area contributed by atoms with Crippen molar-refractivity contribution in [2.45, 2.75) is 6.04 Å². The number of halogens is 2. The molecule has 0 saturated heterocycles. The maximum atomic E-state index is 12.6.